The van der Waals surface area contributed by atoms with Crippen molar-refractivity contribution in [3.63, 3.8) is 0 Å². The molecule has 0 amide bonds. The molecule has 0 saturated carbocycles. The zero-order valence-electron chi connectivity index (χ0n) is 12.6. The van der Waals surface area contributed by atoms with Gasteiger partial charge in [0, 0.05) is 7.11 Å². The van der Waals surface area contributed by atoms with Crippen LogP contribution in [0.4, 0.5) is 4.79 Å². The molecule has 0 aromatic heterocycles. The average molecular weight is 334 g/mol. The van der Waals surface area contributed by atoms with Crippen LogP contribution >= 0.6 is 0 Å². The van der Waals surface area contributed by atoms with Gasteiger partial charge in [0.25, 0.3) is 6.47 Å². The molecular formula is C13H18O10. The van der Waals surface area contributed by atoms with Crippen LogP contribution in [0.2, 0.25) is 0 Å². The van der Waals surface area contributed by atoms with Crippen molar-refractivity contribution in [1.29, 1.82) is 0 Å². The number of methoxy groups -OCH3 is 1. The van der Waals surface area contributed by atoms with Crippen LogP contribution in [0.3, 0.4) is 0 Å². The molecule has 1 fully saturated rings. The average Bonchev–Trinajstić information content (AvgIpc) is 2.96. The van der Waals surface area contributed by atoms with Gasteiger partial charge in [0.05, 0.1) is 12.8 Å². The molecule has 1 saturated heterocycles. The van der Waals surface area contributed by atoms with Crippen molar-refractivity contribution in [1.82, 2.24) is 0 Å². The molecule has 10 heteroatoms. The van der Waals surface area contributed by atoms with Gasteiger partial charge in [-0.1, -0.05) is 0 Å². The summed E-state index contributed by atoms with van der Waals surface area (Å²) in [4.78, 5) is 43.6. The zero-order chi connectivity index (χ0) is 17.1. The van der Waals surface area contributed by atoms with Gasteiger partial charge in [-0.25, -0.2) is 4.79 Å². The molecule has 2 unspecified atom stereocenters. The Morgan fingerprint density at radius 1 is 1.26 bits per heavy atom. The predicted molar refractivity (Wildman–Crippen MR) is 70.2 cm³/mol. The maximum atomic E-state index is 11.5. The Bertz CT molecular complexity index is 421. The van der Waals surface area contributed by atoms with Gasteiger partial charge in [0.1, 0.15) is 32.5 Å². The Labute approximate surface area is 131 Å². The molecule has 0 spiro atoms. The molecular weight excluding hydrogens is 316 g/mol. The summed E-state index contributed by atoms with van der Waals surface area (Å²) < 4.78 is 28.3. The fourth-order valence-electron chi connectivity index (χ4n) is 1.50. The Morgan fingerprint density at radius 2 is 1.96 bits per heavy atom. The van der Waals surface area contributed by atoms with Crippen LogP contribution in [-0.4, -0.2) is 70.3 Å². The molecule has 0 aliphatic carbocycles. The Kier molecular flexibility index (Phi) is 8.43. The summed E-state index contributed by atoms with van der Waals surface area (Å²) in [6, 6.07) is 0. The third kappa shape index (κ3) is 8.00. The van der Waals surface area contributed by atoms with E-state index in [2.05, 4.69) is 14.2 Å². The minimum Gasteiger partial charge on any atom is -0.465 e. The SMILES string of the molecule is COC(COC=O)COC(=O)CCC(=O)OCC1COC(=O)O1. The topological polar surface area (TPSA) is 124 Å². The first-order chi connectivity index (χ1) is 11.0. The Morgan fingerprint density at radius 3 is 2.52 bits per heavy atom. The minimum absolute atomic E-state index is 0.0232. The number of esters is 2. The molecule has 1 rings (SSSR count). The summed E-state index contributed by atoms with van der Waals surface area (Å²) in [5.74, 6) is -1.25. The van der Waals surface area contributed by atoms with Crippen LogP contribution in [0.5, 0.6) is 0 Å². The summed E-state index contributed by atoms with van der Waals surface area (Å²) in [6.45, 7) is 0.00538. The van der Waals surface area contributed by atoms with E-state index in [0.717, 1.165) is 0 Å². The summed E-state index contributed by atoms with van der Waals surface area (Å²) in [5, 5.41) is 0. The first kappa shape index (κ1) is 18.7. The molecule has 0 aromatic carbocycles. The molecule has 23 heavy (non-hydrogen) atoms. The lowest BCUT2D eigenvalue weighted by atomic mass is 10.3. The number of rotatable bonds is 11. The van der Waals surface area contributed by atoms with Crippen LogP contribution in [-0.2, 0) is 42.8 Å². The van der Waals surface area contributed by atoms with Gasteiger partial charge in [-0.15, -0.1) is 0 Å². The van der Waals surface area contributed by atoms with Crippen molar-refractivity contribution in [3.8, 4) is 0 Å². The van der Waals surface area contributed by atoms with Crippen molar-refractivity contribution < 1.29 is 47.6 Å². The van der Waals surface area contributed by atoms with E-state index < -0.39 is 30.3 Å². The maximum absolute atomic E-state index is 11.5. The van der Waals surface area contributed by atoms with Crippen LogP contribution in [0.1, 0.15) is 12.8 Å². The molecule has 0 bridgehead atoms. The van der Waals surface area contributed by atoms with Crippen molar-refractivity contribution >= 4 is 24.6 Å². The highest BCUT2D eigenvalue weighted by molar-refractivity contribution is 5.77. The van der Waals surface area contributed by atoms with E-state index in [9.17, 15) is 19.2 Å². The minimum atomic E-state index is -0.805. The van der Waals surface area contributed by atoms with Gasteiger partial charge in [-0.3, -0.25) is 14.4 Å². The fraction of sp³-hybridized carbons (Fsp3) is 0.692. The molecule has 0 N–H and O–H groups in total. The van der Waals surface area contributed by atoms with Crippen LogP contribution in [0.15, 0.2) is 0 Å². The number of carbonyl (C=O) groups excluding carboxylic acids is 4. The molecule has 0 radical (unpaired) electrons. The first-order valence-electron chi connectivity index (χ1n) is 6.77. The largest absolute Gasteiger partial charge is 0.508 e. The molecule has 130 valence electrons. The van der Waals surface area contributed by atoms with E-state index in [1.807, 2.05) is 0 Å². The van der Waals surface area contributed by atoms with Gasteiger partial charge in [0.15, 0.2) is 6.10 Å². The highest BCUT2D eigenvalue weighted by atomic mass is 16.8. The quantitative estimate of drug-likeness (QED) is 0.279. The van der Waals surface area contributed by atoms with Crippen LogP contribution in [0.25, 0.3) is 0 Å². The van der Waals surface area contributed by atoms with Gasteiger partial charge in [0.2, 0.25) is 0 Å². The number of hydrogen-bond acceptors (Lipinski definition) is 10. The van der Waals surface area contributed by atoms with Gasteiger partial charge >= 0.3 is 18.1 Å². The normalized spacial score (nSPS) is 17.6. The van der Waals surface area contributed by atoms with E-state index in [-0.39, 0.29) is 45.7 Å². The third-order valence-corrected chi connectivity index (χ3v) is 2.73. The third-order valence-electron chi connectivity index (χ3n) is 2.73. The number of hydrogen-bond donors (Lipinski definition) is 0. The molecule has 10 nitrogen and oxygen atoms in total. The van der Waals surface area contributed by atoms with E-state index in [1.165, 1.54) is 7.11 Å². The Balaban J connectivity index is 2.10. The number of carbonyl (C=O) groups is 4. The highest BCUT2D eigenvalue weighted by Crippen LogP contribution is 2.07. The smallest absolute Gasteiger partial charge is 0.465 e. The van der Waals surface area contributed by atoms with Gasteiger partial charge < -0.3 is 28.4 Å². The Hall–Kier alpha value is -2.36. The van der Waals surface area contributed by atoms with E-state index in [4.69, 9.17) is 14.2 Å². The second-order valence-corrected chi connectivity index (χ2v) is 4.45. The van der Waals surface area contributed by atoms with Gasteiger partial charge in [-0.05, 0) is 0 Å². The predicted octanol–water partition coefficient (Wildman–Crippen LogP) is -0.424. The monoisotopic (exact) mass is 334 g/mol. The van der Waals surface area contributed by atoms with Crippen molar-refractivity contribution in [2.75, 3.05) is 33.5 Å². The lowest BCUT2D eigenvalue weighted by Gasteiger charge is -2.14. The van der Waals surface area contributed by atoms with E-state index in [1.54, 1.807) is 0 Å². The molecule has 1 aliphatic heterocycles. The number of cyclic esters (lactones) is 2. The second-order valence-electron chi connectivity index (χ2n) is 4.45. The molecule has 2 atom stereocenters. The molecule has 0 aromatic rings. The van der Waals surface area contributed by atoms with Crippen molar-refractivity contribution in [3.05, 3.63) is 0 Å². The van der Waals surface area contributed by atoms with E-state index >= 15 is 0 Å². The summed E-state index contributed by atoms with van der Waals surface area (Å²) >= 11 is 0. The standard InChI is InChI=1S/C13H18O10/c1-18-9(4-19-8-14)5-20-11(15)2-3-12(16)21-6-10-7-22-13(17)23-10/h8-10H,2-7H2,1H3. The zero-order valence-corrected chi connectivity index (χ0v) is 12.6. The first-order valence-corrected chi connectivity index (χ1v) is 6.77. The van der Waals surface area contributed by atoms with Crippen molar-refractivity contribution in [2.45, 2.75) is 25.0 Å². The highest BCUT2D eigenvalue weighted by Gasteiger charge is 2.26. The van der Waals surface area contributed by atoms with E-state index in [0.29, 0.717) is 0 Å². The lowest BCUT2D eigenvalue weighted by molar-refractivity contribution is -0.154. The van der Waals surface area contributed by atoms with Crippen LogP contribution in [0, 0.1) is 0 Å². The molecule has 1 heterocycles. The summed E-state index contributed by atoms with van der Waals surface area (Å²) in [5.41, 5.74) is 0. The van der Waals surface area contributed by atoms with Crippen molar-refractivity contribution in [2.24, 2.45) is 0 Å². The number of ether oxygens (including phenoxy) is 6. The second kappa shape index (κ2) is 10.4. The summed E-state index contributed by atoms with van der Waals surface area (Å²) in [6.07, 6.45) is -2.36. The molecule has 1 aliphatic rings. The fourth-order valence-corrected chi connectivity index (χ4v) is 1.50. The lowest BCUT2D eigenvalue weighted by Crippen LogP contribution is -2.26. The summed E-state index contributed by atoms with van der Waals surface area (Å²) in [7, 11) is 1.38. The van der Waals surface area contributed by atoms with Gasteiger partial charge in [-0.2, -0.15) is 0 Å². The van der Waals surface area contributed by atoms with Crippen LogP contribution < -0.4 is 0 Å². The maximum Gasteiger partial charge on any atom is 0.508 e.